The number of pyridine rings is 1. The summed E-state index contributed by atoms with van der Waals surface area (Å²) in [5.74, 6) is 0.806. The van der Waals surface area contributed by atoms with Gasteiger partial charge in [0, 0.05) is 34.0 Å². The van der Waals surface area contributed by atoms with E-state index in [1.807, 2.05) is 24.3 Å². The predicted octanol–water partition coefficient (Wildman–Crippen LogP) is 4.80. The van der Waals surface area contributed by atoms with Crippen LogP contribution in [0.25, 0.3) is 22.0 Å². The molecule has 1 aliphatic heterocycles. The topological polar surface area (TPSA) is 36.1 Å². The maximum absolute atomic E-state index is 12.4. The highest BCUT2D eigenvalue weighted by Crippen LogP contribution is 2.26. The molecule has 3 aromatic rings. The zero-order valence-electron chi connectivity index (χ0n) is 14.3. The minimum atomic E-state index is -0.0519. The van der Waals surface area contributed by atoms with Crippen molar-refractivity contribution in [2.75, 3.05) is 13.1 Å². The molecule has 0 radical (unpaired) electrons. The van der Waals surface area contributed by atoms with Gasteiger partial charge < -0.3 is 4.98 Å². The predicted molar refractivity (Wildman–Crippen MR) is 107 cm³/mol. The molecule has 0 amide bonds. The lowest BCUT2D eigenvalue weighted by Crippen LogP contribution is -2.19. The van der Waals surface area contributed by atoms with Crippen LogP contribution >= 0.6 is 15.9 Å². The van der Waals surface area contributed by atoms with Gasteiger partial charge in [0.25, 0.3) is 5.56 Å². The van der Waals surface area contributed by atoms with E-state index in [-0.39, 0.29) is 5.56 Å². The molecule has 0 bridgehead atoms. The zero-order chi connectivity index (χ0) is 17.4. The largest absolute Gasteiger partial charge is 0.321 e. The Kier molecular flexibility index (Phi) is 4.48. The summed E-state index contributed by atoms with van der Waals surface area (Å²) in [6, 6.07) is 16.3. The molecular formula is C21H21BrN2O. The molecule has 0 aliphatic carbocycles. The number of aromatic nitrogens is 1. The Balaban J connectivity index is 1.63. The molecule has 1 unspecified atom stereocenters. The lowest BCUT2D eigenvalue weighted by Gasteiger charge is -2.15. The summed E-state index contributed by atoms with van der Waals surface area (Å²) in [5, 5.41) is 1.65. The lowest BCUT2D eigenvalue weighted by atomic mass is 10.1. The first-order valence-corrected chi connectivity index (χ1v) is 9.52. The molecule has 4 heteroatoms. The van der Waals surface area contributed by atoms with Crippen molar-refractivity contribution < 1.29 is 0 Å². The molecular weight excluding hydrogens is 376 g/mol. The van der Waals surface area contributed by atoms with Crippen LogP contribution in [-0.2, 0) is 6.54 Å². The van der Waals surface area contributed by atoms with Gasteiger partial charge in [0.15, 0.2) is 0 Å². The number of halogens is 1. The lowest BCUT2D eigenvalue weighted by molar-refractivity contribution is 0.320. The van der Waals surface area contributed by atoms with Gasteiger partial charge >= 0.3 is 0 Å². The van der Waals surface area contributed by atoms with Crippen LogP contribution in [-0.4, -0.2) is 23.0 Å². The Morgan fingerprint density at radius 2 is 1.96 bits per heavy atom. The molecule has 2 heterocycles. The van der Waals surface area contributed by atoms with E-state index in [0.29, 0.717) is 5.39 Å². The summed E-state index contributed by atoms with van der Waals surface area (Å²) in [4.78, 5) is 17.9. The van der Waals surface area contributed by atoms with Crippen LogP contribution in [0.5, 0.6) is 0 Å². The number of rotatable bonds is 3. The Morgan fingerprint density at radius 3 is 2.68 bits per heavy atom. The van der Waals surface area contributed by atoms with Crippen molar-refractivity contribution in [2.45, 2.75) is 19.9 Å². The summed E-state index contributed by atoms with van der Waals surface area (Å²) < 4.78 is 0.942. The van der Waals surface area contributed by atoms with Crippen LogP contribution in [0.4, 0.5) is 0 Å². The van der Waals surface area contributed by atoms with Crippen LogP contribution in [0.2, 0.25) is 0 Å². The number of benzene rings is 2. The van der Waals surface area contributed by atoms with Gasteiger partial charge in [-0.3, -0.25) is 9.69 Å². The number of nitrogens with one attached hydrogen (secondary N) is 1. The first kappa shape index (κ1) is 16.6. The second-order valence-corrected chi connectivity index (χ2v) is 7.89. The molecule has 3 nitrogen and oxygen atoms in total. The number of H-pyrrole nitrogens is 1. The molecule has 128 valence electrons. The number of likely N-dealkylation sites (tertiary alicyclic amines) is 1. The van der Waals surface area contributed by atoms with Gasteiger partial charge in [-0.15, -0.1) is 0 Å². The fraction of sp³-hybridized carbons (Fsp3) is 0.286. The summed E-state index contributed by atoms with van der Waals surface area (Å²) in [6.07, 6.45) is 1.30. The molecule has 0 spiro atoms. The monoisotopic (exact) mass is 396 g/mol. The Bertz CT molecular complexity index is 962. The SMILES string of the molecule is CC1CCN(Cc2ccc(-c3cc4c(Br)cccc4c(=O)[nH]3)cc2)C1. The normalized spacial score (nSPS) is 18.1. The van der Waals surface area contributed by atoms with Crippen molar-refractivity contribution in [3.8, 4) is 11.3 Å². The summed E-state index contributed by atoms with van der Waals surface area (Å²) in [6.45, 7) is 5.70. The van der Waals surface area contributed by atoms with E-state index in [4.69, 9.17) is 0 Å². The fourth-order valence-electron chi connectivity index (χ4n) is 3.63. The molecule has 0 saturated carbocycles. The first-order chi connectivity index (χ1) is 12.1. The number of fused-ring (bicyclic) bond motifs is 1. The van der Waals surface area contributed by atoms with E-state index in [2.05, 4.69) is 57.0 Å². The standard InChI is InChI=1S/C21H21BrN2O/c1-14-9-10-24(12-14)13-15-5-7-16(8-6-15)20-11-18-17(21(25)23-20)3-2-4-19(18)22/h2-8,11,14H,9-10,12-13H2,1H3,(H,23,25). The second-order valence-electron chi connectivity index (χ2n) is 7.04. The third-order valence-corrected chi connectivity index (χ3v) is 5.71. The smallest absolute Gasteiger partial charge is 0.256 e. The van der Waals surface area contributed by atoms with Crippen molar-refractivity contribution in [1.29, 1.82) is 0 Å². The van der Waals surface area contributed by atoms with Crippen molar-refractivity contribution in [1.82, 2.24) is 9.88 Å². The van der Waals surface area contributed by atoms with Crippen molar-refractivity contribution in [3.63, 3.8) is 0 Å². The quantitative estimate of drug-likeness (QED) is 0.689. The number of hydrogen-bond donors (Lipinski definition) is 1. The molecule has 1 atom stereocenters. The van der Waals surface area contributed by atoms with Gasteiger partial charge in [0.05, 0.1) is 0 Å². The highest BCUT2D eigenvalue weighted by atomic mass is 79.9. The Morgan fingerprint density at radius 1 is 1.16 bits per heavy atom. The van der Waals surface area contributed by atoms with Crippen LogP contribution in [0.15, 0.2) is 57.8 Å². The maximum atomic E-state index is 12.4. The molecule has 1 saturated heterocycles. The average Bonchev–Trinajstić information content (AvgIpc) is 3.01. The fourth-order valence-corrected chi connectivity index (χ4v) is 4.11. The maximum Gasteiger partial charge on any atom is 0.256 e. The van der Waals surface area contributed by atoms with E-state index in [9.17, 15) is 4.79 Å². The van der Waals surface area contributed by atoms with Gasteiger partial charge in [-0.05, 0) is 48.2 Å². The Hall–Kier alpha value is -1.91. The van der Waals surface area contributed by atoms with Gasteiger partial charge in [-0.2, -0.15) is 0 Å². The van der Waals surface area contributed by atoms with Crippen LogP contribution in [0.1, 0.15) is 18.9 Å². The van der Waals surface area contributed by atoms with Gasteiger partial charge in [0.2, 0.25) is 0 Å². The van der Waals surface area contributed by atoms with Crippen molar-refractivity contribution in [2.24, 2.45) is 5.92 Å². The van der Waals surface area contributed by atoms with E-state index < -0.39 is 0 Å². The summed E-state index contributed by atoms with van der Waals surface area (Å²) >= 11 is 3.54. The summed E-state index contributed by atoms with van der Waals surface area (Å²) in [7, 11) is 0. The minimum absolute atomic E-state index is 0.0519. The van der Waals surface area contributed by atoms with Gasteiger partial charge in [-0.1, -0.05) is 53.2 Å². The highest BCUT2D eigenvalue weighted by molar-refractivity contribution is 9.10. The molecule has 1 aromatic heterocycles. The van der Waals surface area contributed by atoms with Crippen LogP contribution in [0, 0.1) is 5.92 Å². The van der Waals surface area contributed by atoms with E-state index in [1.54, 1.807) is 0 Å². The van der Waals surface area contributed by atoms with E-state index in [0.717, 1.165) is 33.6 Å². The third-order valence-electron chi connectivity index (χ3n) is 5.01. The van der Waals surface area contributed by atoms with Crippen molar-refractivity contribution in [3.05, 3.63) is 68.9 Å². The van der Waals surface area contributed by atoms with Crippen molar-refractivity contribution >= 4 is 26.7 Å². The molecule has 4 rings (SSSR count). The Labute approximate surface area is 155 Å². The minimum Gasteiger partial charge on any atom is -0.321 e. The molecule has 1 fully saturated rings. The summed E-state index contributed by atoms with van der Waals surface area (Å²) in [5.41, 5.74) is 3.16. The number of nitrogens with zero attached hydrogens (tertiary/aromatic N) is 1. The van der Waals surface area contributed by atoms with E-state index >= 15 is 0 Å². The first-order valence-electron chi connectivity index (χ1n) is 8.73. The average molecular weight is 397 g/mol. The second kappa shape index (κ2) is 6.77. The van der Waals surface area contributed by atoms with Crippen LogP contribution in [0.3, 0.4) is 0 Å². The molecule has 2 aromatic carbocycles. The molecule has 1 N–H and O–H groups in total. The molecule has 1 aliphatic rings. The highest BCUT2D eigenvalue weighted by Gasteiger charge is 2.18. The zero-order valence-corrected chi connectivity index (χ0v) is 15.8. The number of hydrogen-bond acceptors (Lipinski definition) is 2. The van der Waals surface area contributed by atoms with Crippen LogP contribution < -0.4 is 5.56 Å². The van der Waals surface area contributed by atoms with Gasteiger partial charge in [0.1, 0.15) is 0 Å². The van der Waals surface area contributed by atoms with E-state index in [1.165, 1.54) is 25.1 Å². The molecule has 25 heavy (non-hydrogen) atoms. The van der Waals surface area contributed by atoms with Gasteiger partial charge in [-0.25, -0.2) is 0 Å². The number of aromatic amines is 1. The third kappa shape index (κ3) is 3.42.